The summed E-state index contributed by atoms with van der Waals surface area (Å²) in [4.78, 5) is 35.4. The number of carbonyl (C=O) groups is 2. The Kier molecular flexibility index (Phi) is 7.46. The lowest BCUT2D eigenvalue weighted by Gasteiger charge is -2.25. The third-order valence-electron chi connectivity index (χ3n) is 5.33. The number of thioether (sulfide) groups is 1. The van der Waals surface area contributed by atoms with Crippen molar-refractivity contribution < 1.29 is 18.9 Å². The number of carbonyl (C=O) groups excluding carboxylic acids is 2. The normalized spacial score (nSPS) is 17.7. The summed E-state index contributed by atoms with van der Waals surface area (Å²) >= 11 is 1.27. The first-order valence-electron chi connectivity index (χ1n) is 10.8. The highest BCUT2D eigenvalue weighted by Crippen LogP contribution is 2.30. The van der Waals surface area contributed by atoms with Crippen LogP contribution in [0.1, 0.15) is 22.9 Å². The van der Waals surface area contributed by atoms with Crippen LogP contribution in [0.15, 0.2) is 40.6 Å². The Morgan fingerprint density at radius 3 is 2.73 bits per heavy atom. The molecule has 3 heterocycles. The van der Waals surface area contributed by atoms with Gasteiger partial charge < -0.3 is 9.64 Å². The Morgan fingerprint density at radius 2 is 1.97 bits per heavy atom. The summed E-state index contributed by atoms with van der Waals surface area (Å²) in [5.41, 5.74) is 6.34. The number of hydrazone groups is 1. The monoisotopic (exact) mass is 467 g/mol. The smallest absolute Gasteiger partial charge is 0.288 e. The molecule has 0 saturated carbocycles. The van der Waals surface area contributed by atoms with E-state index in [1.165, 1.54) is 11.8 Å². The standard InChI is InChI=1S/C23H26N6O3S/c1-16-11-17(2)26-23(25-16)33-15-21(30)27-24-12-18-13-29(20-6-4-3-5-19(18)20)14-22(31)28-7-9-32-10-8-28/h3-6,11-13,18H,7-10,14-15H2,1-2H3/p+1/b24-12+. The van der Waals surface area contributed by atoms with E-state index in [2.05, 4.69) is 20.5 Å². The average molecular weight is 468 g/mol. The van der Waals surface area contributed by atoms with Crippen LogP contribution in [0, 0.1) is 13.8 Å². The van der Waals surface area contributed by atoms with Gasteiger partial charge in [-0.25, -0.2) is 15.4 Å². The third kappa shape index (κ3) is 6.02. The van der Waals surface area contributed by atoms with E-state index in [0.717, 1.165) is 22.6 Å². The van der Waals surface area contributed by atoms with Crippen LogP contribution in [0.25, 0.3) is 0 Å². The topological polar surface area (TPSA) is 99.8 Å². The number of fused-ring (bicyclic) bond motifs is 1. The predicted octanol–water partition coefficient (Wildman–Crippen LogP) is 1.66. The minimum atomic E-state index is -0.232. The number of ether oxygens (including phenoxy) is 1. The number of morpholine rings is 1. The van der Waals surface area contributed by atoms with Gasteiger partial charge in [-0.3, -0.25) is 9.59 Å². The number of nitrogens with zero attached hydrogens (tertiary/aromatic N) is 5. The second-order valence-corrected chi connectivity index (χ2v) is 8.83. The van der Waals surface area contributed by atoms with Crippen molar-refractivity contribution in [2.75, 3.05) is 38.6 Å². The molecule has 1 aromatic heterocycles. The van der Waals surface area contributed by atoms with Gasteiger partial charge in [-0.05, 0) is 19.9 Å². The van der Waals surface area contributed by atoms with Gasteiger partial charge in [-0.2, -0.15) is 9.68 Å². The van der Waals surface area contributed by atoms with E-state index in [-0.39, 0.29) is 30.0 Å². The number of hydrogen-bond donors (Lipinski definition) is 1. The number of para-hydroxylation sites is 1. The molecule has 1 fully saturated rings. The van der Waals surface area contributed by atoms with E-state index in [4.69, 9.17) is 4.74 Å². The van der Waals surface area contributed by atoms with Crippen LogP contribution < -0.4 is 5.43 Å². The zero-order valence-electron chi connectivity index (χ0n) is 18.7. The molecule has 1 N–H and O–H groups in total. The summed E-state index contributed by atoms with van der Waals surface area (Å²) in [6, 6.07) is 9.80. The van der Waals surface area contributed by atoms with Crippen molar-refractivity contribution in [3.8, 4) is 0 Å². The van der Waals surface area contributed by atoms with Crippen LogP contribution in [0.2, 0.25) is 0 Å². The zero-order valence-corrected chi connectivity index (χ0v) is 19.5. The van der Waals surface area contributed by atoms with Gasteiger partial charge in [0.1, 0.15) is 5.92 Å². The summed E-state index contributed by atoms with van der Waals surface area (Å²) in [6.07, 6.45) is 3.66. The highest BCUT2D eigenvalue weighted by molar-refractivity contribution is 7.99. The minimum Gasteiger partial charge on any atom is -0.378 e. The number of benzene rings is 1. The molecule has 33 heavy (non-hydrogen) atoms. The van der Waals surface area contributed by atoms with Gasteiger partial charge in [-0.1, -0.05) is 30.0 Å². The van der Waals surface area contributed by atoms with Crippen molar-refractivity contribution in [3.05, 3.63) is 47.3 Å². The maximum atomic E-state index is 12.7. The van der Waals surface area contributed by atoms with Crippen molar-refractivity contribution in [1.29, 1.82) is 0 Å². The molecule has 1 unspecified atom stereocenters. The van der Waals surface area contributed by atoms with E-state index in [0.29, 0.717) is 31.5 Å². The van der Waals surface area contributed by atoms with Crippen molar-refractivity contribution in [1.82, 2.24) is 20.3 Å². The van der Waals surface area contributed by atoms with Gasteiger partial charge in [0.2, 0.25) is 12.2 Å². The molecule has 0 aliphatic carbocycles. The van der Waals surface area contributed by atoms with Crippen LogP contribution in [0.3, 0.4) is 0 Å². The highest BCUT2D eigenvalue weighted by atomic mass is 32.2. The maximum Gasteiger partial charge on any atom is 0.288 e. The molecule has 2 aromatic rings. The first-order valence-corrected chi connectivity index (χ1v) is 11.8. The van der Waals surface area contributed by atoms with Crippen molar-refractivity contribution >= 4 is 41.7 Å². The summed E-state index contributed by atoms with van der Waals surface area (Å²) < 4.78 is 7.29. The largest absolute Gasteiger partial charge is 0.378 e. The predicted molar refractivity (Wildman–Crippen MR) is 126 cm³/mol. The molecule has 9 nitrogen and oxygen atoms in total. The molecule has 2 aliphatic rings. The molecule has 172 valence electrons. The molecule has 0 spiro atoms. The molecule has 1 aromatic carbocycles. The van der Waals surface area contributed by atoms with Gasteiger partial charge in [0.05, 0.1) is 19.0 Å². The Balaban J connectivity index is 1.35. The Hall–Kier alpha value is -3.11. The summed E-state index contributed by atoms with van der Waals surface area (Å²) in [5, 5.41) is 4.73. The number of aryl methyl sites for hydroxylation is 2. The molecule has 0 radical (unpaired) electrons. The lowest BCUT2D eigenvalue weighted by molar-refractivity contribution is -0.422. The van der Waals surface area contributed by atoms with Crippen molar-refractivity contribution in [3.63, 3.8) is 0 Å². The van der Waals surface area contributed by atoms with Crippen LogP contribution in [0.4, 0.5) is 5.69 Å². The third-order valence-corrected chi connectivity index (χ3v) is 6.18. The van der Waals surface area contributed by atoms with E-state index in [1.54, 1.807) is 6.21 Å². The second-order valence-electron chi connectivity index (χ2n) is 7.89. The van der Waals surface area contributed by atoms with E-state index < -0.39 is 0 Å². The molecule has 1 saturated heterocycles. The summed E-state index contributed by atoms with van der Waals surface area (Å²) in [7, 11) is 0. The molecule has 1 atom stereocenters. The van der Waals surface area contributed by atoms with Crippen LogP contribution in [-0.2, 0) is 14.3 Å². The number of hydrogen-bond acceptors (Lipinski definition) is 7. The van der Waals surface area contributed by atoms with Gasteiger partial charge in [0.25, 0.3) is 11.8 Å². The van der Waals surface area contributed by atoms with Gasteiger partial charge in [0, 0.05) is 42.3 Å². The summed E-state index contributed by atoms with van der Waals surface area (Å²) in [5.74, 6) is -0.120. The van der Waals surface area contributed by atoms with Crippen LogP contribution in [0.5, 0.6) is 0 Å². The van der Waals surface area contributed by atoms with Gasteiger partial charge in [0.15, 0.2) is 11.4 Å². The number of nitrogens with one attached hydrogen (secondary N) is 1. The Labute approximate surface area is 197 Å². The molecule has 2 amide bonds. The lowest BCUT2D eigenvalue weighted by Crippen LogP contribution is -2.43. The Bertz CT molecular complexity index is 1080. The fourth-order valence-electron chi connectivity index (χ4n) is 3.81. The molecular weight excluding hydrogens is 440 g/mol. The van der Waals surface area contributed by atoms with E-state index >= 15 is 0 Å². The minimum absolute atomic E-state index is 0.0703. The van der Waals surface area contributed by atoms with Gasteiger partial charge in [-0.15, -0.1) is 0 Å². The molecule has 10 heteroatoms. The SMILES string of the molecule is Cc1cc(C)nc(SCC(=O)N/N=C/C2C=[N+](CC(=O)N3CCOCC3)c3ccccc32)n1. The molecular formula is C23H27N6O3S+. The van der Waals surface area contributed by atoms with E-state index in [1.807, 2.05) is 59.9 Å². The van der Waals surface area contributed by atoms with Gasteiger partial charge >= 0.3 is 0 Å². The molecule has 0 bridgehead atoms. The van der Waals surface area contributed by atoms with Crippen LogP contribution in [-0.4, -0.2) is 82.3 Å². The number of amides is 2. The lowest BCUT2D eigenvalue weighted by atomic mass is 10.0. The first-order chi connectivity index (χ1) is 16.0. The maximum absolute atomic E-state index is 12.7. The van der Waals surface area contributed by atoms with Crippen molar-refractivity contribution in [2.24, 2.45) is 5.10 Å². The molecule has 2 aliphatic heterocycles. The second kappa shape index (κ2) is 10.7. The first kappa shape index (κ1) is 23.1. The number of aromatic nitrogens is 2. The van der Waals surface area contributed by atoms with Crippen LogP contribution >= 0.6 is 11.8 Å². The quantitative estimate of drug-likeness (QED) is 0.219. The fraction of sp³-hybridized carbons (Fsp3) is 0.391. The van der Waals surface area contributed by atoms with Crippen molar-refractivity contribution in [2.45, 2.75) is 24.9 Å². The average Bonchev–Trinajstić information content (AvgIpc) is 3.15. The van der Waals surface area contributed by atoms with E-state index in [9.17, 15) is 9.59 Å². The summed E-state index contributed by atoms with van der Waals surface area (Å²) in [6.45, 7) is 6.46. The fourth-order valence-corrected chi connectivity index (χ4v) is 4.55. The zero-order chi connectivity index (χ0) is 23.2. The highest BCUT2D eigenvalue weighted by Gasteiger charge is 2.32. The number of rotatable bonds is 7. The molecule has 4 rings (SSSR count). The Morgan fingerprint density at radius 1 is 1.24 bits per heavy atom.